The van der Waals surface area contributed by atoms with Gasteiger partial charge in [0, 0.05) is 36.8 Å². The molecule has 1 unspecified atom stereocenters. The molecule has 0 radical (unpaired) electrons. The van der Waals surface area contributed by atoms with E-state index in [0.717, 1.165) is 35.3 Å². The van der Waals surface area contributed by atoms with Crippen LogP contribution in [0.4, 0.5) is 10.9 Å². The summed E-state index contributed by atoms with van der Waals surface area (Å²) in [5, 5.41) is 25.0. The topological polar surface area (TPSA) is 127 Å². The van der Waals surface area contributed by atoms with E-state index in [1.807, 2.05) is 18.2 Å². The molecule has 29 heavy (non-hydrogen) atoms. The van der Waals surface area contributed by atoms with Crippen molar-refractivity contribution >= 4 is 50.8 Å². The van der Waals surface area contributed by atoms with E-state index in [2.05, 4.69) is 25.9 Å². The Hall–Kier alpha value is -3.17. The number of nitrogens with one attached hydrogen (secondary N) is 5. The molecular formula is C20H21N7OS. The molecule has 1 atom stereocenters. The number of hydrogen-bond acceptors (Lipinski definition) is 8. The number of rotatable bonds is 7. The van der Waals surface area contributed by atoms with E-state index in [9.17, 15) is 4.79 Å². The summed E-state index contributed by atoms with van der Waals surface area (Å²) in [5.41, 5.74) is 2.27. The van der Waals surface area contributed by atoms with Gasteiger partial charge in [0.25, 0.3) is 5.91 Å². The zero-order valence-electron chi connectivity index (χ0n) is 15.6. The van der Waals surface area contributed by atoms with E-state index in [1.165, 1.54) is 23.8 Å². The van der Waals surface area contributed by atoms with Crippen molar-refractivity contribution in [3.05, 3.63) is 47.7 Å². The fourth-order valence-electron chi connectivity index (χ4n) is 3.24. The highest BCUT2D eigenvalue weighted by atomic mass is 32.1. The van der Waals surface area contributed by atoms with Crippen LogP contribution in [0.1, 0.15) is 28.3 Å². The van der Waals surface area contributed by atoms with Crippen molar-refractivity contribution < 1.29 is 4.79 Å². The SMILES string of the molecule is N=CC(C=N)c1ccc2nc(Nc3cc(C(=O)NC4CCNC4)ccn3)sc2c1. The molecule has 0 bridgehead atoms. The van der Waals surface area contributed by atoms with Crippen LogP contribution >= 0.6 is 11.3 Å². The Morgan fingerprint density at radius 2 is 2.14 bits per heavy atom. The van der Waals surface area contributed by atoms with Crippen LogP contribution in [-0.2, 0) is 0 Å². The standard InChI is InChI=1S/C20H21N7OS/c21-9-14(10-22)12-1-2-16-17(7-12)29-20(26-16)27-18-8-13(3-6-24-18)19(28)25-15-4-5-23-11-15/h1-3,6-10,14-15,21-23H,4-5,11H2,(H,25,28)(H,24,26,27). The maximum Gasteiger partial charge on any atom is 0.251 e. The van der Waals surface area contributed by atoms with Crippen molar-refractivity contribution in [2.24, 2.45) is 0 Å². The molecule has 0 saturated carbocycles. The second-order valence-electron chi connectivity index (χ2n) is 6.82. The van der Waals surface area contributed by atoms with Gasteiger partial charge >= 0.3 is 0 Å². The summed E-state index contributed by atoms with van der Waals surface area (Å²) >= 11 is 1.46. The Morgan fingerprint density at radius 1 is 1.28 bits per heavy atom. The summed E-state index contributed by atoms with van der Waals surface area (Å²) < 4.78 is 0.960. The Bertz CT molecular complexity index is 1050. The van der Waals surface area contributed by atoms with Crippen LogP contribution in [0.2, 0.25) is 0 Å². The number of pyridine rings is 1. The molecular weight excluding hydrogens is 386 g/mol. The molecule has 1 saturated heterocycles. The summed E-state index contributed by atoms with van der Waals surface area (Å²) in [7, 11) is 0. The van der Waals surface area contributed by atoms with Crippen LogP contribution in [-0.4, -0.2) is 47.4 Å². The van der Waals surface area contributed by atoms with Gasteiger partial charge in [-0.3, -0.25) is 4.79 Å². The number of carbonyl (C=O) groups excluding carboxylic acids is 1. The van der Waals surface area contributed by atoms with Gasteiger partial charge in [0.2, 0.25) is 0 Å². The minimum atomic E-state index is -0.329. The molecule has 3 heterocycles. The third-order valence-electron chi connectivity index (χ3n) is 4.81. The number of fused-ring (bicyclic) bond motifs is 1. The van der Waals surface area contributed by atoms with Gasteiger partial charge in [-0.2, -0.15) is 0 Å². The third kappa shape index (κ3) is 4.30. The highest BCUT2D eigenvalue weighted by Crippen LogP contribution is 2.30. The average Bonchev–Trinajstić information content (AvgIpc) is 3.38. The summed E-state index contributed by atoms with van der Waals surface area (Å²) in [6.45, 7) is 1.72. The van der Waals surface area contributed by atoms with Gasteiger partial charge in [0.05, 0.1) is 16.1 Å². The van der Waals surface area contributed by atoms with Crippen molar-refractivity contribution in [2.75, 3.05) is 18.4 Å². The summed E-state index contributed by atoms with van der Waals surface area (Å²) in [6.07, 6.45) is 5.04. The zero-order valence-corrected chi connectivity index (χ0v) is 16.4. The molecule has 1 amide bonds. The lowest BCUT2D eigenvalue weighted by Crippen LogP contribution is -2.36. The number of benzene rings is 1. The predicted octanol–water partition coefficient (Wildman–Crippen LogP) is 2.91. The first-order valence-electron chi connectivity index (χ1n) is 9.32. The first kappa shape index (κ1) is 19.2. The van der Waals surface area contributed by atoms with E-state index in [4.69, 9.17) is 10.8 Å². The molecule has 0 spiro atoms. The summed E-state index contributed by atoms with van der Waals surface area (Å²) in [6, 6.07) is 9.30. The number of anilines is 2. The maximum absolute atomic E-state index is 12.5. The quantitative estimate of drug-likeness (QED) is 0.385. The highest BCUT2D eigenvalue weighted by molar-refractivity contribution is 7.22. The third-order valence-corrected chi connectivity index (χ3v) is 5.74. The van der Waals surface area contributed by atoms with E-state index in [1.54, 1.807) is 18.3 Å². The Morgan fingerprint density at radius 3 is 2.90 bits per heavy atom. The van der Waals surface area contributed by atoms with E-state index in [0.29, 0.717) is 16.5 Å². The first-order chi connectivity index (χ1) is 14.2. The molecule has 2 aromatic heterocycles. The van der Waals surface area contributed by atoms with Crippen LogP contribution in [0.5, 0.6) is 0 Å². The largest absolute Gasteiger partial charge is 0.348 e. The van der Waals surface area contributed by atoms with E-state index < -0.39 is 0 Å². The van der Waals surface area contributed by atoms with Gasteiger partial charge in [-0.15, -0.1) is 0 Å². The lowest BCUT2D eigenvalue weighted by Gasteiger charge is -2.11. The number of aromatic nitrogens is 2. The maximum atomic E-state index is 12.5. The van der Waals surface area contributed by atoms with Crippen molar-refractivity contribution in [1.82, 2.24) is 20.6 Å². The van der Waals surface area contributed by atoms with Crippen molar-refractivity contribution in [2.45, 2.75) is 18.4 Å². The molecule has 3 aromatic rings. The second-order valence-corrected chi connectivity index (χ2v) is 7.85. The number of carbonyl (C=O) groups is 1. The molecule has 1 aromatic carbocycles. The first-order valence-corrected chi connectivity index (χ1v) is 10.1. The predicted molar refractivity (Wildman–Crippen MR) is 116 cm³/mol. The molecule has 148 valence electrons. The highest BCUT2D eigenvalue weighted by Gasteiger charge is 2.18. The van der Waals surface area contributed by atoms with Crippen molar-refractivity contribution in [3.8, 4) is 0 Å². The van der Waals surface area contributed by atoms with Gasteiger partial charge in [-0.1, -0.05) is 17.4 Å². The Balaban J connectivity index is 1.51. The van der Waals surface area contributed by atoms with E-state index in [-0.39, 0.29) is 17.9 Å². The molecule has 1 fully saturated rings. The number of hydrogen-bond donors (Lipinski definition) is 5. The normalized spacial score (nSPS) is 17.0. The second kappa shape index (κ2) is 8.46. The molecule has 9 heteroatoms. The minimum Gasteiger partial charge on any atom is -0.348 e. The van der Waals surface area contributed by atoms with Crippen molar-refractivity contribution in [1.29, 1.82) is 10.8 Å². The van der Waals surface area contributed by atoms with Crippen LogP contribution in [0.3, 0.4) is 0 Å². The molecule has 8 nitrogen and oxygen atoms in total. The number of amides is 1. The Kier molecular flexibility index (Phi) is 5.59. The molecule has 0 aliphatic carbocycles. The van der Waals surface area contributed by atoms with Gasteiger partial charge in [-0.05, 0) is 42.8 Å². The monoisotopic (exact) mass is 407 g/mol. The van der Waals surface area contributed by atoms with Crippen LogP contribution in [0.25, 0.3) is 10.2 Å². The van der Waals surface area contributed by atoms with Crippen LogP contribution in [0, 0.1) is 10.8 Å². The zero-order chi connectivity index (χ0) is 20.2. The summed E-state index contributed by atoms with van der Waals surface area (Å²) in [5.74, 6) is 0.116. The van der Waals surface area contributed by atoms with Crippen molar-refractivity contribution in [3.63, 3.8) is 0 Å². The molecule has 1 aliphatic rings. The van der Waals surface area contributed by atoms with Gasteiger partial charge < -0.3 is 26.8 Å². The number of thiazole rings is 1. The smallest absolute Gasteiger partial charge is 0.251 e. The fraction of sp³-hybridized carbons (Fsp3) is 0.250. The minimum absolute atomic E-state index is 0.109. The molecule has 1 aliphatic heterocycles. The average molecular weight is 408 g/mol. The Labute approximate surface area is 171 Å². The molecule has 4 rings (SSSR count). The summed E-state index contributed by atoms with van der Waals surface area (Å²) in [4.78, 5) is 21.3. The number of nitrogens with zero attached hydrogens (tertiary/aromatic N) is 2. The van der Waals surface area contributed by atoms with Crippen LogP contribution < -0.4 is 16.0 Å². The van der Waals surface area contributed by atoms with Gasteiger partial charge in [0.15, 0.2) is 5.13 Å². The lowest BCUT2D eigenvalue weighted by atomic mass is 10.0. The van der Waals surface area contributed by atoms with Gasteiger partial charge in [-0.25, -0.2) is 9.97 Å². The van der Waals surface area contributed by atoms with Crippen LogP contribution in [0.15, 0.2) is 36.5 Å². The van der Waals surface area contributed by atoms with E-state index >= 15 is 0 Å². The van der Waals surface area contributed by atoms with Gasteiger partial charge in [0.1, 0.15) is 5.82 Å². The lowest BCUT2D eigenvalue weighted by molar-refractivity contribution is 0.0940. The fourth-order valence-corrected chi connectivity index (χ4v) is 4.16. The molecule has 5 N–H and O–H groups in total.